The summed E-state index contributed by atoms with van der Waals surface area (Å²) in [7, 11) is -3.45. The minimum absolute atomic E-state index is 0.174. The molecule has 1 aliphatic rings. The number of halogens is 1. The van der Waals surface area contributed by atoms with E-state index in [1.54, 1.807) is 0 Å². The number of rotatable bonds is 6. The highest BCUT2D eigenvalue weighted by Crippen LogP contribution is 2.28. The number of nitrogens with one attached hydrogen (secondary N) is 1. The van der Waals surface area contributed by atoms with Gasteiger partial charge in [0.05, 0.1) is 4.90 Å². The van der Waals surface area contributed by atoms with Crippen LogP contribution in [-0.4, -0.2) is 19.9 Å². The van der Waals surface area contributed by atoms with Gasteiger partial charge < -0.3 is 0 Å². The molecule has 0 bridgehead atoms. The molecule has 4 nitrogen and oxygen atoms in total. The summed E-state index contributed by atoms with van der Waals surface area (Å²) in [6.45, 7) is 0.485. The van der Waals surface area contributed by atoms with Crippen LogP contribution in [0.15, 0.2) is 23.2 Å². The predicted octanol–water partition coefficient (Wildman–Crippen LogP) is 2.98. The van der Waals surface area contributed by atoms with Crippen molar-refractivity contribution in [3.8, 4) is 0 Å². The quantitative estimate of drug-likeness (QED) is 0.649. The lowest BCUT2D eigenvalue weighted by Crippen LogP contribution is -2.25. The molecule has 1 saturated carbocycles. The molecular formula is C13H19ClN2O2S. The van der Waals surface area contributed by atoms with Crippen molar-refractivity contribution >= 4 is 21.6 Å². The van der Waals surface area contributed by atoms with E-state index in [0.29, 0.717) is 6.54 Å². The fourth-order valence-corrected chi connectivity index (χ4v) is 3.86. The maximum absolute atomic E-state index is 12.0. The lowest BCUT2D eigenvalue weighted by Gasteiger charge is -2.10. The zero-order valence-corrected chi connectivity index (χ0v) is 12.4. The summed E-state index contributed by atoms with van der Waals surface area (Å²) in [4.78, 5) is 3.95. The number of hydrogen-bond donors (Lipinski definition) is 1. The molecule has 1 aliphatic carbocycles. The first-order valence-corrected chi connectivity index (χ1v) is 8.55. The molecule has 19 heavy (non-hydrogen) atoms. The van der Waals surface area contributed by atoms with E-state index in [9.17, 15) is 8.42 Å². The Morgan fingerprint density at radius 2 is 2.11 bits per heavy atom. The Morgan fingerprint density at radius 1 is 1.37 bits per heavy atom. The van der Waals surface area contributed by atoms with Crippen molar-refractivity contribution in [2.75, 3.05) is 6.54 Å². The Labute approximate surface area is 119 Å². The van der Waals surface area contributed by atoms with Crippen molar-refractivity contribution in [1.82, 2.24) is 9.71 Å². The van der Waals surface area contributed by atoms with Gasteiger partial charge in [-0.05, 0) is 30.9 Å². The smallest absolute Gasteiger partial charge is 0.240 e. The van der Waals surface area contributed by atoms with Crippen LogP contribution in [0.5, 0.6) is 0 Å². The van der Waals surface area contributed by atoms with Gasteiger partial charge in [-0.25, -0.2) is 18.1 Å². The molecule has 2 rings (SSSR count). The maximum Gasteiger partial charge on any atom is 0.240 e. The molecule has 0 aliphatic heterocycles. The van der Waals surface area contributed by atoms with Crippen LogP contribution in [0.25, 0.3) is 0 Å². The average Bonchev–Trinajstić information content (AvgIpc) is 2.88. The number of pyridine rings is 1. The van der Waals surface area contributed by atoms with E-state index in [1.807, 2.05) is 0 Å². The van der Waals surface area contributed by atoms with Gasteiger partial charge in [-0.3, -0.25) is 0 Å². The molecule has 0 spiro atoms. The molecule has 1 aromatic heterocycles. The fourth-order valence-electron chi connectivity index (χ4n) is 2.53. The molecule has 0 atom stereocenters. The summed E-state index contributed by atoms with van der Waals surface area (Å²) in [5, 5.41) is 0.189. The molecule has 1 aromatic rings. The zero-order chi connectivity index (χ0) is 13.7. The standard InChI is InChI=1S/C13H19ClN2O2S/c14-13-10-12(7-9-15-13)19(17,18)16-8-3-6-11-4-1-2-5-11/h7,9-11,16H,1-6,8H2. The Kier molecular flexibility index (Phi) is 5.19. The van der Waals surface area contributed by atoms with Crippen molar-refractivity contribution in [2.24, 2.45) is 5.92 Å². The monoisotopic (exact) mass is 302 g/mol. The molecule has 0 aromatic carbocycles. The molecule has 1 N–H and O–H groups in total. The van der Waals surface area contributed by atoms with E-state index in [4.69, 9.17) is 11.6 Å². The van der Waals surface area contributed by atoms with Gasteiger partial charge in [-0.2, -0.15) is 0 Å². The minimum atomic E-state index is -3.45. The first kappa shape index (κ1) is 14.8. The third-order valence-electron chi connectivity index (χ3n) is 3.56. The molecule has 0 radical (unpaired) electrons. The summed E-state index contributed by atoms with van der Waals surface area (Å²) in [6, 6.07) is 2.81. The van der Waals surface area contributed by atoms with E-state index in [1.165, 1.54) is 44.0 Å². The first-order chi connectivity index (χ1) is 9.08. The molecule has 1 heterocycles. The Morgan fingerprint density at radius 3 is 2.79 bits per heavy atom. The van der Waals surface area contributed by atoms with E-state index >= 15 is 0 Å². The van der Waals surface area contributed by atoms with Crippen molar-refractivity contribution < 1.29 is 8.42 Å². The summed E-state index contributed by atoms with van der Waals surface area (Å²) < 4.78 is 26.6. The number of nitrogens with zero attached hydrogens (tertiary/aromatic N) is 1. The van der Waals surface area contributed by atoms with E-state index < -0.39 is 10.0 Å². The van der Waals surface area contributed by atoms with Crippen LogP contribution in [0.2, 0.25) is 5.15 Å². The summed E-state index contributed by atoms with van der Waals surface area (Å²) in [5.74, 6) is 0.792. The first-order valence-electron chi connectivity index (χ1n) is 6.69. The molecule has 6 heteroatoms. The third kappa shape index (κ3) is 4.44. The molecule has 0 saturated heterocycles. The average molecular weight is 303 g/mol. The summed E-state index contributed by atoms with van der Waals surface area (Å²) in [5.41, 5.74) is 0. The second kappa shape index (κ2) is 6.68. The van der Waals surface area contributed by atoms with Gasteiger partial charge in [-0.15, -0.1) is 0 Å². The fraction of sp³-hybridized carbons (Fsp3) is 0.615. The lowest BCUT2D eigenvalue weighted by atomic mass is 10.0. The molecule has 0 unspecified atom stereocenters. The second-order valence-electron chi connectivity index (χ2n) is 5.00. The van der Waals surface area contributed by atoms with Gasteiger partial charge >= 0.3 is 0 Å². The predicted molar refractivity (Wildman–Crippen MR) is 75.6 cm³/mol. The van der Waals surface area contributed by atoms with Crippen LogP contribution in [0, 0.1) is 5.92 Å². The van der Waals surface area contributed by atoms with Crippen molar-refractivity contribution in [1.29, 1.82) is 0 Å². The van der Waals surface area contributed by atoms with Crippen molar-refractivity contribution in [3.05, 3.63) is 23.5 Å². The van der Waals surface area contributed by atoms with Gasteiger partial charge in [-0.1, -0.05) is 37.3 Å². The maximum atomic E-state index is 12.0. The highest BCUT2D eigenvalue weighted by Gasteiger charge is 2.16. The topological polar surface area (TPSA) is 59.1 Å². The Bertz CT molecular complexity index is 513. The van der Waals surface area contributed by atoms with E-state index in [0.717, 1.165) is 18.8 Å². The van der Waals surface area contributed by atoms with Gasteiger partial charge in [0.15, 0.2) is 0 Å². The number of hydrogen-bond acceptors (Lipinski definition) is 3. The molecule has 106 valence electrons. The summed E-state index contributed by atoms with van der Waals surface area (Å²) >= 11 is 5.69. The number of aromatic nitrogens is 1. The van der Waals surface area contributed by atoms with Gasteiger partial charge in [0.2, 0.25) is 10.0 Å². The van der Waals surface area contributed by atoms with Crippen molar-refractivity contribution in [3.63, 3.8) is 0 Å². The normalized spacial score (nSPS) is 16.9. The minimum Gasteiger partial charge on any atom is -0.244 e. The van der Waals surface area contributed by atoms with Gasteiger partial charge in [0.1, 0.15) is 5.15 Å². The summed E-state index contributed by atoms with van der Waals surface area (Å²) in [6.07, 6.45) is 8.65. The highest BCUT2D eigenvalue weighted by atomic mass is 35.5. The number of sulfonamides is 1. The van der Waals surface area contributed by atoms with Gasteiger partial charge in [0, 0.05) is 12.7 Å². The molecular weight excluding hydrogens is 284 g/mol. The van der Waals surface area contributed by atoms with Crippen LogP contribution in [0.4, 0.5) is 0 Å². The van der Waals surface area contributed by atoms with Crippen molar-refractivity contribution in [2.45, 2.75) is 43.4 Å². The van der Waals surface area contributed by atoms with Gasteiger partial charge in [0.25, 0.3) is 0 Å². The van der Waals surface area contributed by atoms with Crippen LogP contribution in [0.1, 0.15) is 38.5 Å². The van der Waals surface area contributed by atoms with Crippen LogP contribution in [0.3, 0.4) is 0 Å². The SMILES string of the molecule is O=S(=O)(NCCCC1CCCC1)c1ccnc(Cl)c1. The lowest BCUT2D eigenvalue weighted by molar-refractivity contribution is 0.480. The largest absolute Gasteiger partial charge is 0.244 e. The van der Waals surface area contributed by atoms with Crippen LogP contribution in [-0.2, 0) is 10.0 Å². The molecule has 1 fully saturated rings. The Balaban J connectivity index is 1.80. The highest BCUT2D eigenvalue weighted by molar-refractivity contribution is 7.89. The molecule has 0 amide bonds. The van der Waals surface area contributed by atoms with E-state index in [-0.39, 0.29) is 10.0 Å². The van der Waals surface area contributed by atoms with Crippen LogP contribution < -0.4 is 4.72 Å². The second-order valence-corrected chi connectivity index (χ2v) is 7.16. The zero-order valence-electron chi connectivity index (χ0n) is 10.8. The van der Waals surface area contributed by atoms with Crippen LogP contribution >= 0.6 is 11.6 Å². The Hall–Kier alpha value is -0.650. The van der Waals surface area contributed by atoms with E-state index in [2.05, 4.69) is 9.71 Å². The third-order valence-corrected chi connectivity index (χ3v) is 5.23.